The first kappa shape index (κ1) is 30.2. The third-order valence-electron chi connectivity index (χ3n) is 7.18. The van der Waals surface area contributed by atoms with E-state index in [0.717, 1.165) is 55.6 Å². The fourth-order valence-electron chi connectivity index (χ4n) is 5.13. The third-order valence-corrected chi connectivity index (χ3v) is 9.25. The normalized spacial score (nSPS) is 12.4. The molecule has 1 atom stereocenters. The molecule has 0 saturated carbocycles. The van der Waals surface area contributed by atoms with Gasteiger partial charge in [0.2, 0.25) is 0 Å². The maximum Gasteiger partial charge on any atom is 0.193 e. The number of nitrogens with zero attached hydrogens (tertiary/aromatic N) is 6. The molecule has 0 fully saturated rings. The topological polar surface area (TPSA) is 113 Å². The number of pyridine rings is 4. The highest BCUT2D eigenvalue weighted by molar-refractivity contribution is 7.90. The number of hydrogen-bond donors (Lipinski definition) is 0. The first-order valence-corrected chi connectivity index (χ1v) is 17.0. The maximum atomic E-state index is 11.9. The number of aromatic nitrogens is 6. The summed E-state index contributed by atoms with van der Waals surface area (Å²) < 4.78 is 39.5. The zero-order chi connectivity index (χ0) is 31.2. The summed E-state index contributed by atoms with van der Waals surface area (Å²) in [4.78, 5) is 17.9. The minimum absolute atomic E-state index is 0.127. The van der Waals surface area contributed by atoms with Gasteiger partial charge in [0, 0.05) is 73.3 Å². The summed E-state index contributed by atoms with van der Waals surface area (Å²) in [5, 5.41) is 2.81. The van der Waals surface area contributed by atoms with Gasteiger partial charge in [-0.05, 0) is 74.2 Å². The lowest BCUT2D eigenvalue weighted by Gasteiger charge is -2.06. The maximum absolute atomic E-state index is 11.9. The predicted molar refractivity (Wildman–Crippen MR) is 172 cm³/mol. The number of rotatable bonds is 4. The van der Waals surface area contributed by atoms with E-state index in [9.17, 15) is 12.6 Å². The van der Waals surface area contributed by atoms with Gasteiger partial charge < -0.3 is 9.13 Å². The number of sulfone groups is 1. The lowest BCUT2D eigenvalue weighted by atomic mass is 10.1. The Balaban J connectivity index is 0.000000171. The molecule has 43 heavy (non-hydrogen) atoms. The van der Waals surface area contributed by atoms with Crippen LogP contribution >= 0.6 is 0 Å². The molecule has 9 nitrogen and oxygen atoms in total. The summed E-state index contributed by atoms with van der Waals surface area (Å²) in [5.74, 6) is 0. The summed E-state index contributed by atoms with van der Waals surface area (Å²) in [6.45, 7) is 7.69. The molecule has 222 valence electrons. The fraction of sp³-hybridized carbons (Fsp3) is 0.250. The molecule has 0 aliphatic heterocycles. The Bertz CT molecular complexity index is 2160. The lowest BCUT2D eigenvalue weighted by molar-refractivity contribution is 0.597. The van der Waals surface area contributed by atoms with Gasteiger partial charge in [0.25, 0.3) is 0 Å². The Hall–Kier alpha value is -4.22. The van der Waals surface area contributed by atoms with E-state index in [2.05, 4.69) is 26.0 Å². The Morgan fingerprint density at radius 3 is 1.65 bits per heavy atom. The van der Waals surface area contributed by atoms with E-state index in [-0.39, 0.29) is 5.03 Å². The highest BCUT2D eigenvalue weighted by atomic mass is 32.2. The minimum atomic E-state index is -3.35. The fourth-order valence-corrected chi connectivity index (χ4v) is 6.79. The van der Waals surface area contributed by atoms with E-state index in [4.69, 9.17) is 0 Å². The molecule has 0 bridgehead atoms. The van der Waals surface area contributed by atoms with Gasteiger partial charge in [-0.2, -0.15) is 0 Å². The third kappa shape index (κ3) is 6.00. The largest absolute Gasteiger partial charge is 0.335 e. The van der Waals surface area contributed by atoms with Gasteiger partial charge in [-0.3, -0.25) is 4.21 Å². The first-order chi connectivity index (χ1) is 20.2. The number of fused-ring (bicyclic) bond motifs is 2. The van der Waals surface area contributed by atoms with Crippen molar-refractivity contribution in [3.63, 3.8) is 0 Å². The summed E-state index contributed by atoms with van der Waals surface area (Å²) in [6, 6.07) is 11.7. The zero-order valence-electron chi connectivity index (χ0n) is 25.5. The van der Waals surface area contributed by atoms with Crippen molar-refractivity contribution in [2.75, 3.05) is 12.5 Å². The second kappa shape index (κ2) is 11.5. The van der Waals surface area contributed by atoms with E-state index in [1.165, 1.54) is 6.26 Å². The molecular formula is C32H34N6O3S2. The zero-order valence-corrected chi connectivity index (χ0v) is 27.1. The van der Waals surface area contributed by atoms with Crippen molar-refractivity contribution in [2.45, 2.75) is 37.7 Å². The van der Waals surface area contributed by atoms with Crippen molar-refractivity contribution in [3.8, 4) is 22.5 Å². The van der Waals surface area contributed by atoms with Gasteiger partial charge in [-0.25, -0.2) is 28.4 Å². The average Bonchev–Trinajstić information content (AvgIpc) is 3.44. The highest BCUT2D eigenvalue weighted by Gasteiger charge is 2.17. The molecular weight excluding hydrogens is 581 g/mol. The predicted octanol–water partition coefficient (Wildman–Crippen LogP) is 5.65. The van der Waals surface area contributed by atoms with Gasteiger partial charge >= 0.3 is 0 Å². The molecule has 6 aromatic heterocycles. The van der Waals surface area contributed by atoms with Crippen LogP contribution in [-0.4, -0.2) is 54.2 Å². The van der Waals surface area contributed by atoms with Gasteiger partial charge in [-0.15, -0.1) is 0 Å². The summed E-state index contributed by atoms with van der Waals surface area (Å²) in [6.07, 6.45) is 10.5. The lowest BCUT2D eigenvalue weighted by Crippen LogP contribution is -2.04. The van der Waals surface area contributed by atoms with Crippen LogP contribution in [0.2, 0.25) is 0 Å². The van der Waals surface area contributed by atoms with Crippen molar-refractivity contribution >= 4 is 42.7 Å². The van der Waals surface area contributed by atoms with E-state index in [1.807, 2.05) is 93.1 Å². The van der Waals surface area contributed by atoms with Crippen LogP contribution in [0.25, 0.3) is 44.6 Å². The van der Waals surface area contributed by atoms with Gasteiger partial charge in [0.15, 0.2) is 14.9 Å². The molecule has 0 amide bonds. The van der Waals surface area contributed by atoms with Gasteiger partial charge in [-0.1, -0.05) is 12.1 Å². The molecule has 0 radical (unpaired) electrons. The van der Waals surface area contributed by atoms with Crippen LogP contribution in [0.4, 0.5) is 0 Å². The van der Waals surface area contributed by atoms with Crippen molar-refractivity contribution in [3.05, 3.63) is 83.4 Å². The molecule has 0 aliphatic carbocycles. The molecule has 6 rings (SSSR count). The monoisotopic (exact) mass is 614 g/mol. The summed E-state index contributed by atoms with van der Waals surface area (Å²) >= 11 is 0. The van der Waals surface area contributed by atoms with Crippen LogP contribution in [0.15, 0.2) is 71.2 Å². The summed E-state index contributed by atoms with van der Waals surface area (Å²) in [7, 11) is -0.552. The highest BCUT2D eigenvalue weighted by Crippen LogP contribution is 2.31. The van der Waals surface area contributed by atoms with Crippen molar-refractivity contribution in [1.82, 2.24) is 29.1 Å². The van der Waals surface area contributed by atoms with E-state index >= 15 is 0 Å². The van der Waals surface area contributed by atoms with Crippen molar-refractivity contribution in [1.29, 1.82) is 0 Å². The molecule has 0 aromatic carbocycles. The van der Waals surface area contributed by atoms with E-state index < -0.39 is 20.6 Å². The smallest absolute Gasteiger partial charge is 0.193 e. The SMILES string of the molecule is Cc1cnc2c(c1)c(-c1ccc(C)c(S(C)(=O)=O)n1)cn2C.Cc1cnc2c(c1)c(-c1ccc(C)c(S(C)=O)n1)cn2C. The standard InChI is InChI=1S/C16H17N3O2S.C16H17N3OS/c1-10-7-12-13(9-19(3)15(12)17-8-10)14-6-5-11(2)16(18-14)22(4,20)21;1-10-7-12-13(9-19(3)15(12)17-8-10)14-6-5-11(2)16(18-14)21(4)20/h5-9H,1-4H3;5-9H,1-4H3. The molecule has 0 N–H and O–H groups in total. The van der Waals surface area contributed by atoms with Crippen LogP contribution in [0.3, 0.4) is 0 Å². The van der Waals surface area contributed by atoms with Crippen LogP contribution < -0.4 is 0 Å². The molecule has 6 heterocycles. The first-order valence-electron chi connectivity index (χ1n) is 13.6. The number of aryl methyl sites for hydroxylation is 6. The Labute approximate surface area is 254 Å². The molecule has 11 heteroatoms. The molecule has 0 spiro atoms. The quantitative estimate of drug-likeness (QED) is 0.252. The Morgan fingerprint density at radius 1 is 0.721 bits per heavy atom. The Morgan fingerprint density at radius 2 is 1.19 bits per heavy atom. The van der Waals surface area contributed by atoms with Crippen molar-refractivity contribution in [2.24, 2.45) is 14.1 Å². The second-order valence-corrected chi connectivity index (χ2v) is 14.2. The van der Waals surface area contributed by atoms with E-state index in [0.29, 0.717) is 16.3 Å². The average molecular weight is 615 g/mol. The molecule has 0 aliphatic rings. The molecule has 1 unspecified atom stereocenters. The second-order valence-electron chi connectivity index (χ2n) is 10.9. The number of hydrogen-bond acceptors (Lipinski definition) is 7. The Kier molecular flexibility index (Phi) is 8.06. The molecule has 6 aromatic rings. The van der Waals surface area contributed by atoms with E-state index in [1.54, 1.807) is 19.2 Å². The van der Waals surface area contributed by atoms with Crippen LogP contribution in [0.5, 0.6) is 0 Å². The van der Waals surface area contributed by atoms with Gasteiger partial charge in [0.05, 0.1) is 22.2 Å². The van der Waals surface area contributed by atoms with Crippen LogP contribution in [0.1, 0.15) is 22.3 Å². The van der Waals surface area contributed by atoms with Gasteiger partial charge in [0.1, 0.15) is 16.3 Å². The van der Waals surface area contributed by atoms with Crippen LogP contribution in [0, 0.1) is 27.7 Å². The van der Waals surface area contributed by atoms with Crippen molar-refractivity contribution < 1.29 is 12.6 Å². The molecule has 0 saturated heterocycles. The minimum Gasteiger partial charge on any atom is -0.335 e. The summed E-state index contributed by atoms with van der Waals surface area (Å²) in [5.41, 5.74) is 8.94. The van der Waals surface area contributed by atoms with Crippen LogP contribution in [-0.2, 0) is 34.7 Å².